The van der Waals surface area contributed by atoms with Crippen LogP contribution in [0, 0.1) is 0 Å². The summed E-state index contributed by atoms with van der Waals surface area (Å²) in [6.45, 7) is 0. The summed E-state index contributed by atoms with van der Waals surface area (Å²) in [5.74, 6) is 0.462. The lowest BCUT2D eigenvalue weighted by Gasteiger charge is -2.28. The molecule has 0 spiro atoms. The van der Waals surface area contributed by atoms with Crippen molar-refractivity contribution >= 4 is 35.1 Å². The van der Waals surface area contributed by atoms with Crippen LogP contribution >= 0.6 is 23.4 Å². The topological polar surface area (TPSA) is 54.0 Å². The number of amides is 1. The molecule has 0 radical (unpaired) electrons. The van der Waals surface area contributed by atoms with Crippen LogP contribution in [0.25, 0.3) is 0 Å². The van der Waals surface area contributed by atoms with Crippen LogP contribution in [0.1, 0.15) is 36.2 Å². The standard InChI is InChI=1S/C14H20ClN3OS/c1-16-12-7-6-11(15)13(18-12)14(19)17-9-4-3-5-10(8-9)20-2/h6-7,9-10H,3-5,8H2,1-2H3,(H,16,18)(H,17,19). The summed E-state index contributed by atoms with van der Waals surface area (Å²) >= 11 is 7.95. The van der Waals surface area contributed by atoms with Gasteiger partial charge in [0.25, 0.3) is 5.91 Å². The van der Waals surface area contributed by atoms with Crippen LogP contribution in [-0.4, -0.2) is 35.5 Å². The van der Waals surface area contributed by atoms with Crippen LogP contribution in [0.3, 0.4) is 0 Å². The van der Waals surface area contributed by atoms with Crippen LogP contribution in [0.15, 0.2) is 12.1 Å². The molecule has 0 bridgehead atoms. The monoisotopic (exact) mass is 313 g/mol. The van der Waals surface area contributed by atoms with Crippen LogP contribution < -0.4 is 10.6 Å². The Morgan fingerprint density at radius 2 is 2.25 bits per heavy atom. The number of aromatic nitrogens is 1. The number of nitrogens with zero attached hydrogens (tertiary/aromatic N) is 1. The number of pyridine rings is 1. The number of hydrogen-bond donors (Lipinski definition) is 2. The van der Waals surface area contributed by atoms with Crippen molar-refractivity contribution in [3.8, 4) is 0 Å². The van der Waals surface area contributed by atoms with E-state index in [0.717, 1.165) is 19.3 Å². The summed E-state index contributed by atoms with van der Waals surface area (Å²) in [5.41, 5.74) is 0.296. The molecule has 1 amide bonds. The number of nitrogens with one attached hydrogen (secondary N) is 2. The predicted molar refractivity (Wildman–Crippen MR) is 85.8 cm³/mol. The van der Waals surface area contributed by atoms with E-state index in [9.17, 15) is 4.79 Å². The Bertz CT molecular complexity index is 483. The van der Waals surface area contributed by atoms with Crippen molar-refractivity contribution in [1.29, 1.82) is 0 Å². The van der Waals surface area contributed by atoms with E-state index in [0.29, 0.717) is 21.8 Å². The maximum absolute atomic E-state index is 12.3. The molecule has 2 rings (SSSR count). The summed E-state index contributed by atoms with van der Waals surface area (Å²) in [6.07, 6.45) is 6.59. The van der Waals surface area contributed by atoms with Gasteiger partial charge in [-0.3, -0.25) is 4.79 Å². The minimum atomic E-state index is -0.182. The second kappa shape index (κ2) is 7.18. The molecule has 1 heterocycles. The van der Waals surface area contributed by atoms with Gasteiger partial charge in [-0.2, -0.15) is 11.8 Å². The van der Waals surface area contributed by atoms with Gasteiger partial charge >= 0.3 is 0 Å². The van der Waals surface area contributed by atoms with E-state index in [1.807, 2.05) is 11.8 Å². The number of thioether (sulfide) groups is 1. The normalized spacial score (nSPS) is 22.4. The minimum absolute atomic E-state index is 0.182. The first-order valence-electron chi connectivity index (χ1n) is 6.82. The fourth-order valence-corrected chi connectivity index (χ4v) is 3.50. The van der Waals surface area contributed by atoms with Crippen LogP contribution in [-0.2, 0) is 0 Å². The lowest BCUT2D eigenvalue weighted by atomic mass is 9.95. The van der Waals surface area contributed by atoms with E-state index in [1.165, 1.54) is 6.42 Å². The molecule has 0 saturated heterocycles. The fourth-order valence-electron chi connectivity index (χ4n) is 2.48. The molecule has 4 nitrogen and oxygen atoms in total. The van der Waals surface area contributed by atoms with Gasteiger partial charge in [-0.25, -0.2) is 4.98 Å². The SMILES string of the molecule is CNc1ccc(Cl)c(C(=O)NC2CCCC(SC)C2)n1. The number of carbonyl (C=O) groups is 1. The molecular formula is C14H20ClN3OS. The fraction of sp³-hybridized carbons (Fsp3) is 0.571. The van der Waals surface area contributed by atoms with E-state index in [-0.39, 0.29) is 11.9 Å². The molecule has 2 unspecified atom stereocenters. The maximum atomic E-state index is 12.3. The molecule has 1 aliphatic carbocycles. The highest BCUT2D eigenvalue weighted by Gasteiger charge is 2.24. The summed E-state index contributed by atoms with van der Waals surface area (Å²) in [7, 11) is 1.77. The van der Waals surface area contributed by atoms with E-state index < -0.39 is 0 Å². The van der Waals surface area contributed by atoms with E-state index in [2.05, 4.69) is 21.9 Å². The molecule has 1 aromatic heterocycles. The number of anilines is 1. The maximum Gasteiger partial charge on any atom is 0.271 e. The predicted octanol–water partition coefficient (Wildman–Crippen LogP) is 3.18. The van der Waals surface area contributed by atoms with Crippen molar-refractivity contribution in [2.45, 2.75) is 37.0 Å². The molecule has 2 atom stereocenters. The van der Waals surface area contributed by atoms with Gasteiger partial charge in [0.05, 0.1) is 5.02 Å². The highest BCUT2D eigenvalue weighted by atomic mass is 35.5. The zero-order valence-corrected chi connectivity index (χ0v) is 13.4. The number of rotatable bonds is 4. The summed E-state index contributed by atoms with van der Waals surface area (Å²) in [5, 5.41) is 7.01. The van der Waals surface area contributed by atoms with Gasteiger partial charge in [0.1, 0.15) is 11.5 Å². The molecule has 1 aliphatic rings. The first-order valence-corrected chi connectivity index (χ1v) is 8.48. The van der Waals surface area contributed by atoms with Crippen molar-refractivity contribution in [3.63, 3.8) is 0 Å². The molecule has 1 fully saturated rings. The molecule has 0 aliphatic heterocycles. The lowest BCUT2D eigenvalue weighted by Crippen LogP contribution is -2.39. The first kappa shape index (κ1) is 15.4. The molecule has 0 aromatic carbocycles. The van der Waals surface area contributed by atoms with Gasteiger partial charge in [-0.15, -0.1) is 0 Å². The van der Waals surface area contributed by atoms with Gasteiger partial charge in [0.15, 0.2) is 0 Å². The van der Waals surface area contributed by atoms with Crippen LogP contribution in [0.5, 0.6) is 0 Å². The Morgan fingerprint density at radius 1 is 1.45 bits per heavy atom. The Balaban J connectivity index is 2.04. The summed E-state index contributed by atoms with van der Waals surface area (Å²) in [6, 6.07) is 3.68. The van der Waals surface area contributed by atoms with Gasteiger partial charge < -0.3 is 10.6 Å². The van der Waals surface area contributed by atoms with Crippen molar-refractivity contribution in [2.24, 2.45) is 0 Å². The number of halogens is 1. The first-order chi connectivity index (χ1) is 9.63. The second-order valence-corrected chi connectivity index (χ2v) is 6.52. The third-order valence-corrected chi connectivity index (χ3v) is 5.01. The molecular weight excluding hydrogens is 294 g/mol. The van der Waals surface area contributed by atoms with Gasteiger partial charge in [-0.1, -0.05) is 18.0 Å². The van der Waals surface area contributed by atoms with Crippen LogP contribution in [0.2, 0.25) is 5.02 Å². The van der Waals surface area contributed by atoms with Crippen molar-refractivity contribution in [3.05, 3.63) is 22.8 Å². The third-order valence-electron chi connectivity index (χ3n) is 3.61. The Hall–Kier alpha value is -0.940. The highest BCUT2D eigenvalue weighted by molar-refractivity contribution is 7.99. The average Bonchev–Trinajstić information content (AvgIpc) is 2.47. The quantitative estimate of drug-likeness (QED) is 0.896. The number of carbonyl (C=O) groups excluding carboxylic acids is 1. The van der Waals surface area contributed by atoms with Gasteiger partial charge in [0.2, 0.25) is 0 Å². The Morgan fingerprint density at radius 3 is 2.95 bits per heavy atom. The molecule has 6 heteroatoms. The van der Waals surface area contributed by atoms with Crippen molar-refractivity contribution in [1.82, 2.24) is 10.3 Å². The van der Waals surface area contributed by atoms with Crippen LogP contribution in [0.4, 0.5) is 5.82 Å². The third kappa shape index (κ3) is 3.79. The molecule has 20 heavy (non-hydrogen) atoms. The number of hydrogen-bond acceptors (Lipinski definition) is 4. The summed E-state index contributed by atoms with van der Waals surface area (Å²) in [4.78, 5) is 16.5. The molecule has 2 N–H and O–H groups in total. The van der Waals surface area contributed by atoms with Gasteiger partial charge in [0, 0.05) is 18.3 Å². The molecule has 110 valence electrons. The van der Waals surface area contributed by atoms with E-state index >= 15 is 0 Å². The zero-order chi connectivity index (χ0) is 14.5. The van der Waals surface area contributed by atoms with E-state index in [1.54, 1.807) is 19.2 Å². The van der Waals surface area contributed by atoms with Crippen molar-refractivity contribution in [2.75, 3.05) is 18.6 Å². The minimum Gasteiger partial charge on any atom is -0.373 e. The smallest absolute Gasteiger partial charge is 0.271 e. The van der Waals surface area contributed by atoms with Gasteiger partial charge in [-0.05, 0) is 37.7 Å². The average molecular weight is 314 g/mol. The lowest BCUT2D eigenvalue weighted by molar-refractivity contribution is 0.0923. The van der Waals surface area contributed by atoms with E-state index in [4.69, 9.17) is 11.6 Å². The largest absolute Gasteiger partial charge is 0.373 e. The highest BCUT2D eigenvalue weighted by Crippen LogP contribution is 2.27. The molecule has 1 saturated carbocycles. The zero-order valence-electron chi connectivity index (χ0n) is 11.8. The summed E-state index contributed by atoms with van der Waals surface area (Å²) < 4.78 is 0. The van der Waals surface area contributed by atoms with Crippen molar-refractivity contribution < 1.29 is 4.79 Å². The second-order valence-electron chi connectivity index (χ2n) is 4.97. The Labute approximate surface area is 129 Å². The molecule has 1 aromatic rings. The Kier molecular flexibility index (Phi) is 5.54.